The van der Waals surface area contributed by atoms with E-state index in [0.29, 0.717) is 11.9 Å². The summed E-state index contributed by atoms with van der Waals surface area (Å²) in [5.41, 5.74) is 0. The van der Waals surface area contributed by atoms with E-state index in [0.717, 1.165) is 63.5 Å². The third-order valence-corrected chi connectivity index (χ3v) is 6.21. The molecule has 1 aromatic rings. The molecule has 0 radical (unpaired) electrons. The Morgan fingerprint density at radius 1 is 0.846 bits per heavy atom. The molecule has 6 nitrogen and oxygen atoms in total. The lowest BCUT2D eigenvalue weighted by atomic mass is 9.88. The Morgan fingerprint density at radius 2 is 1.46 bits per heavy atom. The molecule has 0 unspecified atom stereocenters. The quantitative estimate of drug-likeness (QED) is 0.898. The van der Waals surface area contributed by atoms with E-state index in [-0.39, 0.29) is 5.92 Å². The summed E-state index contributed by atoms with van der Waals surface area (Å²) in [6.45, 7) is 4.11. The van der Waals surface area contributed by atoms with Crippen molar-refractivity contribution in [3.05, 3.63) is 12.4 Å². The van der Waals surface area contributed by atoms with Crippen LogP contribution in [-0.2, 0) is 4.79 Å². The van der Waals surface area contributed by atoms with E-state index in [9.17, 15) is 4.79 Å². The summed E-state index contributed by atoms with van der Waals surface area (Å²) >= 11 is 0. The van der Waals surface area contributed by atoms with Gasteiger partial charge < -0.3 is 15.1 Å². The van der Waals surface area contributed by atoms with Gasteiger partial charge in [-0.2, -0.15) is 0 Å². The normalized spacial score (nSPS) is 22.6. The Bertz CT molecular complexity index is 602. The first kappa shape index (κ1) is 17.6. The molecule has 2 saturated heterocycles. The van der Waals surface area contributed by atoms with E-state index in [2.05, 4.69) is 31.2 Å². The fraction of sp³-hybridized carbons (Fsp3) is 0.750. The fourth-order valence-electron chi connectivity index (χ4n) is 4.57. The summed E-state index contributed by atoms with van der Waals surface area (Å²) in [5, 5.41) is 3.31. The van der Waals surface area contributed by atoms with Crippen LogP contribution in [0.2, 0.25) is 0 Å². The number of carbonyl (C=O) groups excluding carboxylic acids is 1. The molecule has 2 aliphatic heterocycles. The van der Waals surface area contributed by atoms with Gasteiger partial charge in [0.15, 0.2) is 0 Å². The SMILES string of the molecule is O=C(NC1CCN(c2cc(N3CCCC3)ncn2)CC1)C1CCCCC1. The minimum absolute atomic E-state index is 0.256. The average Bonchev–Trinajstić information content (AvgIpc) is 3.24. The molecule has 1 aromatic heterocycles. The molecule has 1 saturated carbocycles. The third-order valence-electron chi connectivity index (χ3n) is 6.21. The van der Waals surface area contributed by atoms with Crippen LogP contribution in [-0.4, -0.2) is 48.1 Å². The van der Waals surface area contributed by atoms with Gasteiger partial charge in [-0.05, 0) is 38.5 Å². The van der Waals surface area contributed by atoms with Gasteiger partial charge in [0.1, 0.15) is 18.0 Å². The van der Waals surface area contributed by atoms with Crippen molar-refractivity contribution in [3.8, 4) is 0 Å². The third kappa shape index (κ3) is 4.10. The summed E-state index contributed by atoms with van der Waals surface area (Å²) in [5.74, 6) is 2.63. The van der Waals surface area contributed by atoms with Crippen LogP contribution in [0.1, 0.15) is 57.8 Å². The van der Waals surface area contributed by atoms with Crippen LogP contribution in [0.3, 0.4) is 0 Å². The predicted octanol–water partition coefficient (Wildman–Crippen LogP) is 2.74. The minimum atomic E-state index is 0.256. The maximum Gasteiger partial charge on any atom is 0.223 e. The molecule has 0 atom stereocenters. The maximum absolute atomic E-state index is 12.5. The number of carbonyl (C=O) groups is 1. The van der Waals surface area contributed by atoms with Gasteiger partial charge in [-0.25, -0.2) is 9.97 Å². The Labute approximate surface area is 156 Å². The van der Waals surface area contributed by atoms with Crippen LogP contribution >= 0.6 is 0 Å². The minimum Gasteiger partial charge on any atom is -0.356 e. The van der Waals surface area contributed by atoms with Crippen LogP contribution in [0.4, 0.5) is 11.6 Å². The number of nitrogens with one attached hydrogen (secondary N) is 1. The molecule has 1 aliphatic carbocycles. The smallest absolute Gasteiger partial charge is 0.223 e. The number of anilines is 2. The van der Waals surface area contributed by atoms with Crippen LogP contribution in [0.15, 0.2) is 12.4 Å². The highest BCUT2D eigenvalue weighted by molar-refractivity contribution is 5.79. The number of amides is 1. The second-order valence-electron chi connectivity index (χ2n) is 8.03. The van der Waals surface area contributed by atoms with E-state index in [4.69, 9.17) is 0 Å². The molecule has 6 heteroatoms. The van der Waals surface area contributed by atoms with Crippen molar-refractivity contribution in [1.29, 1.82) is 0 Å². The molecular weight excluding hydrogens is 326 g/mol. The molecule has 0 aromatic carbocycles. The molecule has 142 valence electrons. The first-order valence-electron chi connectivity index (χ1n) is 10.4. The maximum atomic E-state index is 12.5. The van der Waals surface area contributed by atoms with E-state index in [1.54, 1.807) is 6.33 Å². The molecular formula is C20H31N5O. The van der Waals surface area contributed by atoms with Gasteiger partial charge in [0.05, 0.1) is 0 Å². The molecule has 0 bridgehead atoms. The Morgan fingerprint density at radius 3 is 2.12 bits per heavy atom. The zero-order valence-corrected chi connectivity index (χ0v) is 15.7. The number of piperidine rings is 1. The summed E-state index contributed by atoms with van der Waals surface area (Å²) in [6.07, 6.45) is 12.1. The summed E-state index contributed by atoms with van der Waals surface area (Å²) < 4.78 is 0. The first-order chi connectivity index (χ1) is 12.8. The number of hydrogen-bond donors (Lipinski definition) is 1. The Kier molecular flexibility index (Phi) is 5.56. The first-order valence-corrected chi connectivity index (χ1v) is 10.4. The van der Waals surface area contributed by atoms with Gasteiger partial charge >= 0.3 is 0 Å². The van der Waals surface area contributed by atoms with Crippen molar-refractivity contribution in [3.63, 3.8) is 0 Å². The highest BCUT2D eigenvalue weighted by Crippen LogP contribution is 2.26. The zero-order chi connectivity index (χ0) is 17.8. The highest BCUT2D eigenvalue weighted by Gasteiger charge is 2.26. The fourth-order valence-corrected chi connectivity index (χ4v) is 4.57. The molecule has 0 spiro atoms. The lowest BCUT2D eigenvalue weighted by molar-refractivity contribution is -0.126. The van der Waals surface area contributed by atoms with Crippen molar-refractivity contribution in [2.45, 2.75) is 63.8 Å². The molecule has 3 heterocycles. The van der Waals surface area contributed by atoms with Crippen LogP contribution < -0.4 is 15.1 Å². The monoisotopic (exact) mass is 357 g/mol. The number of aromatic nitrogens is 2. The zero-order valence-electron chi connectivity index (χ0n) is 15.7. The molecule has 3 fully saturated rings. The van der Waals surface area contributed by atoms with Gasteiger partial charge in [0.2, 0.25) is 5.91 Å². The van der Waals surface area contributed by atoms with Crippen molar-refractivity contribution < 1.29 is 4.79 Å². The van der Waals surface area contributed by atoms with Gasteiger partial charge in [-0.3, -0.25) is 4.79 Å². The lowest BCUT2D eigenvalue weighted by Gasteiger charge is -2.34. The molecule has 1 amide bonds. The lowest BCUT2D eigenvalue weighted by Crippen LogP contribution is -2.46. The second-order valence-corrected chi connectivity index (χ2v) is 8.03. The number of nitrogens with zero attached hydrogens (tertiary/aromatic N) is 4. The molecule has 4 rings (SSSR count). The van der Waals surface area contributed by atoms with Crippen molar-refractivity contribution in [2.24, 2.45) is 5.92 Å². The Hall–Kier alpha value is -1.85. The Balaban J connectivity index is 1.29. The van der Waals surface area contributed by atoms with E-state index < -0.39 is 0 Å². The van der Waals surface area contributed by atoms with Gasteiger partial charge in [0.25, 0.3) is 0 Å². The van der Waals surface area contributed by atoms with Crippen LogP contribution in [0.25, 0.3) is 0 Å². The van der Waals surface area contributed by atoms with E-state index in [1.807, 2.05) is 0 Å². The molecule has 1 N–H and O–H groups in total. The number of rotatable bonds is 4. The summed E-state index contributed by atoms with van der Waals surface area (Å²) in [4.78, 5) is 26.1. The molecule has 3 aliphatic rings. The van der Waals surface area contributed by atoms with Gasteiger partial charge in [0, 0.05) is 44.2 Å². The van der Waals surface area contributed by atoms with Crippen LogP contribution in [0.5, 0.6) is 0 Å². The molecule has 26 heavy (non-hydrogen) atoms. The largest absolute Gasteiger partial charge is 0.356 e. The summed E-state index contributed by atoms with van der Waals surface area (Å²) in [7, 11) is 0. The average molecular weight is 358 g/mol. The predicted molar refractivity (Wildman–Crippen MR) is 103 cm³/mol. The van der Waals surface area contributed by atoms with E-state index in [1.165, 1.54) is 32.1 Å². The van der Waals surface area contributed by atoms with Gasteiger partial charge in [-0.1, -0.05) is 19.3 Å². The van der Waals surface area contributed by atoms with Crippen molar-refractivity contribution >= 4 is 17.5 Å². The number of hydrogen-bond acceptors (Lipinski definition) is 5. The summed E-state index contributed by atoms with van der Waals surface area (Å²) in [6, 6.07) is 2.45. The standard InChI is InChI=1S/C20H31N5O/c26-20(16-6-2-1-3-7-16)23-17-8-12-25(13-9-17)19-14-18(21-15-22-19)24-10-4-5-11-24/h14-17H,1-13H2,(H,23,26). The van der Waals surface area contributed by atoms with Crippen molar-refractivity contribution in [1.82, 2.24) is 15.3 Å². The van der Waals surface area contributed by atoms with E-state index >= 15 is 0 Å². The van der Waals surface area contributed by atoms with Crippen LogP contribution in [0, 0.1) is 5.92 Å². The second kappa shape index (κ2) is 8.23. The highest BCUT2D eigenvalue weighted by atomic mass is 16.1. The topological polar surface area (TPSA) is 61.4 Å². The van der Waals surface area contributed by atoms with Gasteiger partial charge in [-0.15, -0.1) is 0 Å². The van der Waals surface area contributed by atoms with Crippen molar-refractivity contribution in [2.75, 3.05) is 36.0 Å².